The fraction of sp³-hybridized carbons (Fsp3) is 0.263. The molecule has 0 spiro atoms. The number of hydrogen-bond acceptors (Lipinski definition) is 2. The first-order chi connectivity index (χ1) is 11.9. The fourth-order valence-electron chi connectivity index (χ4n) is 2.72. The molecule has 2 heterocycles. The van der Waals surface area contributed by atoms with Crippen LogP contribution in [0.1, 0.15) is 17.7 Å². The molecule has 0 amide bonds. The van der Waals surface area contributed by atoms with Gasteiger partial charge in [-0.15, -0.1) is 0 Å². The Morgan fingerprint density at radius 2 is 2.00 bits per heavy atom. The van der Waals surface area contributed by atoms with E-state index in [1.807, 2.05) is 18.2 Å². The largest absolute Gasteiger partial charge is 0.361 e. The van der Waals surface area contributed by atoms with Crippen molar-refractivity contribution >= 4 is 16.9 Å². The minimum absolute atomic E-state index is 0.670. The SMILES string of the molecule is CN=C(NCCCc1c[nH]c2ccccc12)NCc1ccccn1. The van der Waals surface area contributed by atoms with E-state index < -0.39 is 0 Å². The van der Waals surface area contributed by atoms with Gasteiger partial charge < -0.3 is 15.6 Å². The van der Waals surface area contributed by atoms with Gasteiger partial charge in [-0.3, -0.25) is 9.98 Å². The van der Waals surface area contributed by atoms with E-state index >= 15 is 0 Å². The van der Waals surface area contributed by atoms with Crippen LogP contribution in [0, 0.1) is 0 Å². The second-order valence-electron chi connectivity index (χ2n) is 5.64. The molecule has 0 saturated carbocycles. The molecular weight excluding hydrogens is 298 g/mol. The van der Waals surface area contributed by atoms with Gasteiger partial charge in [0.15, 0.2) is 5.96 Å². The maximum atomic E-state index is 4.30. The van der Waals surface area contributed by atoms with Crippen LogP contribution in [-0.4, -0.2) is 29.5 Å². The zero-order valence-corrected chi connectivity index (χ0v) is 13.9. The van der Waals surface area contributed by atoms with Gasteiger partial charge in [-0.05, 0) is 36.6 Å². The van der Waals surface area contributed by atoms with E-state index in [2.05, 4.69) is 56.1 Å². The standard InChI is InChI=1S/C19H23N5/c1-20-19(24-14-16-8-4-5-11-21-16)22-12-6-7-15-13-23-18-10-3-2-9-17(15)18/h2-5,8-11,13,23H,6-7,12,14H2,1H3,(H2,20,22,24). The Kier molecular flexibility index (Phi) is 5.45. The van der Waals surface area contributed by atoms with Gasteiger partial charge in [0, 0.05) is 36.9 Å². The first-order valence-electron chi connectivity index (χ1n) is 8.26. The Morgan fingerprint density at radius 1 is 1.12 bits per heavy atom. The number of nitrogens with one attached hydrogen (secondary N) is 3. The van der Waals surface area contributed by atoms with Crippen molar-refractivity contribution < 1.29 is 0 Å². The molecule has 24 heavy (non-hydrogen) atoms. The van der Waals surface area contributed by atoms with Crippen LogP contribution in [0.5, 0.6) is 0 Å². The molecule has 0 unspecified atom stereocenters. The Labute approximate surface area is 142 Å². The summed E-state index contributed by atoms with van der Waals surface area (Å²) in [5, 5.41) is 7.95. The Morgan fingerprint density at radius 3 is 2.83 bits per heavy atom. The molecule has 0 aliphatic carbocycles. The molecule has 124 valence electrons. The summed E-state index contributed by atoms with van der Waals surface area (Å²) >= 11 is 0. The van der Waals surface area contributed by atoms with Crippen molar-refractivity contribution in [1.82, 2.24) is 20.6 Å². The van der Waals surface area contributed by atoms with Crippen molar-refractivity contribution in [2.75, 3.05) is 13.6 Å². The highest BCUT2D eigenvalue weighted by Crippen LogP contribution is 2.18. The summed E-state index contributed by atoms with van der Waals surface area (Å²) in [6.07, 6.45) is 5.99. The highest BCUT2D eigenvalue weighted by atomic mass is 15.2. The minimum atomic E-state index is 0.670. The summed E-state index contributed by atoms with van der Waals surface area (Å²) in [5.41, 5.74) is 3.57. The van der Waals surface area contributed by atoms with Gasteiger partial charge in [0.1, 0.15) is 0 Å². The normalized spacial score (nSPS) is 11.6. The maximum absolute atomic E-state index is 4.30. The average Bonchev–Trinajstić information content (AvgIpc) is 3.05. The molecule has 0 radical (unpaired) electrons. The maximum Gasteiger partial charge on any atom is 0.191 e. The average molecular weight is 321 g/mol. The molecular formula is C19H23N5. The molecule has 1 aromatic carbocycles. The van der Waals surface area contributed by atoms with E-state index in [0.717, 1.165) is 31.0 Å². The highest BCUT2D eigenvalue weighted by molar-refractivity contribution is 5.83. The van der Waals surface area contributed by atoms with Crippen LogP contribution >= 0.6 is 0 Å². The van der Waals surface area contributed by atoms with Crippen LogP contribution in [0.15, 0.2) is 59.9 Å². The second kappa shape index (κ2) is 8.15. The quantitative estimate of drug-likeness (QED) is 0.371. The number of para-hydroxylation sites is 1. The van der Waals surface area contributed by atoms with Gasteiger partial charge in [-0.1, -0.05) is 24.3 Å². The Hall–Kier alpha value is -2.82. The van der Waals surface area contributed by atoms with Gasteiger partial charge in [0.2, 0.25) is 0 Å². The second-order valence-corrected chi connectivity index (χ2v) is 5.64. The van der Waals surface area contributed by atoms with Crippen LogP contribution < -0.4 is 10.6 Å². The van der Waals surface area contributed by atoms with Gasteiger partial charge in [0.25, 0.3) is 0 Å². The van der Waals surface area contributed by atoms with Crippen LogP contribution in [0.2, 0.25) is 0 Å². The molecule has 5 nitrogen and oxygen atoms in total. The number of benzene rings is 1. The van der Waals surface area contributed by atoms with Crippen LogP contribution in [-0.2, 0) is 13.0 Å². The number of pyridine rings is 1. The van der Waals surface area contributed by atoms with E-state index in [9.17, 15) is 0 Å². The zero-order valence-electron chi connectivity index (χ0n) is 13.9. The lowest BCUT2D eigenvalue weighted by Gasteiger charge is -2.11. The topological polar surface area (TPSA) is 65.1 Å². The lowest BCUT2D eigenvalue weighted by atomic mass is 10.1. The van der Waals surface area contributed by atoms with Crippen molar-refractivity contribution in [3.63, 3.8) is 0 Å². The predicted octanol–water partition coefficient (Wildman–Crippen LogP) is 2.86. The summed E-state index contributed by atoms with van der Waals surface area (Å²) in [6.45, 7) is 1.55. The van der Waals surface area contributed by atoms with E-state index in [1.54, 1.807) is 13.2 Å². The highest BCUT2D eigenvalue weighted by Gasteiger charge is 2.03. The molecule has 0 saturated heterocycles. The van der Waals surface area contributed by atoms with Crippen LogP contribution in [0.25, 0.3) is 10.9 Å². The van der Waals surface area contributed by atoms with Gasteiger partial charge >= 0.3 is 0 Å². The molecule has 3 aromatic rings. The lowest BCUT2D eigenvalue weighted by molar-refractivity contribution is 0.739. The lowest BCUT2D eigenvalue weighted by Crippen LogP contribution is -2.37. The van der Waals surface area contributed by atoms with Crippen molar-refractivity contribution in [1.29, 1.82) is 0 Å². The van der Waals surface area contributed by atoms with E-state index in [0.29, 0.717) is 6.54 Å². The molecule has 0 aliphatic heterocycles. The first-order valence-corrected chi connectivity index (χ1v) is 8.26. The van der Waals surface area contributed by atoms with Gasteiger partial charge in [-0.25, -0.2) is 0 Å². The van der Waals surface area contributed by atoms with E-state index in [-0.39, 0.29) is 0 Å². The summed E-state index contributed by atoms with van der Waals surface area (Å²) in [6, 6.07) is 14.3. The third-order valence-electron chi connectivity index (χ3n) is 3.98. The number of aromatic amines is 1. The smallest absolute Gasteiger partial charge is 0.191 e. The predicted molar refractivity (Wildman–Crippen MR) is 99.1 cm³/mol. The Balaban J connectivity index is 1.43. The summed E-state index contributed by atoms with van der Waals surface area (Å²) < 4.78 is 0. The number of aromatic nitrogens is 2. The third kappa shape index (κ3) is 4.13. The number of fused-ring (bicyclic) bond motifs is 1. The Bertz CT molecular complexity index is 792. The minimum Gasteiger partial charge on any atom is -0.361 e. The molecule has 0 bridgehead atoms. The molecule has 0 fully saturated rings. The number of nitrogens with zero attached hydrogens (tertiary/aromatic N) is 2. The fourth-order valence-corrected chi connectivity index (χ4v) is 2.72. The number of aryl methyl sites for hydroxylation is 1. The van der Waals surface area contributed by atoms with Crippen molar-refractivity contribution in [3.05, 3.63) is 66.1 Å². The van der Waals surface area contributed by atoms with E-state index in [1.165, 1.54) is 16.5 Å². The molecule has 3 rings (SSSR count). The van der Waals surface area contributed by atoms with Gasteiger partial charge in [-0.2, -0.15) is 0 Å². The summed E-state index contributed by atoms with van der Waals surface area (Å²) in [5.74, 6) is 0.805. The van der Waals surface area contributed by atoms with Crippen LogP contribution in [0.3, 0.4) is 0 Å². The number of guanidine groups is 1. The monoisotopic (exact) mass is 321 g/mol. The van der Waals surface area contributed by atoms with E-state index in [4.69, 9.17) is 0 Å². The van der Waals surface area contributed by atoms with Gasteiger partial charge in [0.05, 0.1) is 12.2 Å². The molecule has 0 aliphatic rings. The summed E-state index contributed by atoms with van der Waals surface area (Å²) in [4.78, 5) is 11.9. The van der Waals surface area contributed by atoms with Crippen LogP contribution in [0.4, 0.5) is 0 Å². The number of aliphatic imine (C=N–C) groups is 1. The number of hydrogen-bond donors (Lipinski definition) is 3. The van der Waals surface area contributed by atoms with Crippen molar-refractivity contribution in [2.24, 2.45) is 4.99 Å². The molecule has 0 atom stereocenters. The van der Waals surface area contributed by atoms with Crippen molar-refractivity contribution in [3.8, 4) is 0 Å². The number of rotatable bonds is 6. The third-order valence-corrected chi connectivity index (χ3v) is 3.98. The molecule has 3 N–H and O–H groups in total. The summed E-state index contributed by atoms with van der Waals surface area (Å²) in [7, 11) is 1.79. The molecule has 2 aromatic heterocycles. The number of H-pyrrole nitrogens is 1. The first kappa shape index (κ1) is 16.1. The zero-order chi connectivity index (χ0) is 16.6. The van der Waals surface area contributed by atoms with Crippen molar-refractivity contribution in [2.45, 2.75) is 19.4 Å². The molecule has 5 heteroatoms.